The van der Waals surface area contributed by atoms with Crippen LogP contribution in [0.25, 0.3) is 0 Å². The lowest BCUT2D eigenvalue weighted by Crippen LogP contribution is -2.34. The van der Waals surface area contributed by atoms with Gasteiger partial charge in [0.05, 0.1) is 12.0 Å². The number of aryl methyl sites for hydroxylation is 1. The van der Waals surface area contributed by atoms with Crippen molar-refractivity contribution in [2.75, 3.05) is 0 Å². The first-order valence-corrected chi connectivity index (χ1v) is 8.22. The summed E-state index contributed by atoms with van der Waals surface area (Å²) in [4.78, 5) is 12.7. The molecule has 0 aromatic heterocycles. The molecule has 22 heavy (non-hydrogen) atoms. The number of fused-ring (bicyclic) bond motifs is 1. The first-order chi connectivity index (χ1) is 10.8. The van der Waals surface area contributed by atoms with E-state index in [1.54, 1.807) is 0 Å². The first-order valence-electron chi connectivity index (χ1n) is 8.22. The highest BCUT2D eigenvalue weighted by atomic mass is 16.1. The van der Waals surface area contributed by atoms with E-state index in [9.17, 15) is 4.79 Å². The summed E-state index contributed by atoms with van der Waals surface area (Å²) in [5, 5.41) is 3.29. The van der Waals surface area contributed by atoms with Gasteiger partial charge in [-0.15, -0.1) is 0 Å². The van der Waals surface area contributed by atoms with Gasteiger partial charge in [-0.25, -0.2) is 0 Å². The highest BCUT2D eigenvalue weighted by Gasteiger charge is 2.25. The molecule has 0 aliphatic heterocycles. The molecular formula is C20H23NO. The molecule has 0 spiro atoms. The first kappa shape index (κ1) is 14.8. The summed E-state index contributed by atoms with van der Waals surface area (Å²) in [6, 6.07) is 18.7. The van der Waals surface area contributed by atoms with Crippen molar-refractivity contribution in [1.29, 1.82) is 0 Å². The van der Waals surface area contributed by atoms with Crippen LogP contribution in [0.4, 0.5) is 0 Å². The van der Waals surface area contributed by atoms with Gasteiger partial charge < -0.3 is 5.32 Å². The molecule has 2 aromatic rings. The van der Waals surface area contributed by atoms with Crippen molar-refractivity contribution >= 4 is 5.91 Å². The number of benzene rings is 2. The number of hydrogen-bond acceptors (Lipinski definition) is 1. The normalized spacial score (nSPS) is 18.3. The number of rotatable bonds is 4. The Hall–Kier alpha value is -2.09. The van der Waals surface area contributed by atoms with Crippen molar-refractivity contribution in [3.8, 4) is 0 Å². The molecule has 2 heteroatoms. The van der Waals surface area contributed by atoms with Crippen LogP contribution in [0.1, 0.15) is 54.8 Å². The molecule has 0 saturated carbocycles. The van der Waals surface area contributed by atoms with E-state index < -0.39 is 0 Å². The maximum absolute atomic E-state index is 12.7. The predicted molar refractivity (Wildman–Crippen MR) is 89.7 cm³/mol. The van der Waals surface area contributed by atoms with E-state index in [0.29, 0.717) is 0 Å². The van der Waals surface area contributed by atoms with Gasteiger partial charge in [0.15, 0.2) is 0 Å². The third kappa shape index (κ3) is 3.06. The van der Waals surface area contributed by atoms with Crippen LogP contribution in [-0.4, -0.2) is 5.91 Å². The largest absolute Gasteiger partial charge is 0.349 e. The predicted octanol–water partition coefficient (Wildman–Crippen LogP) is 4.37. The van der Waals surface area contributed by atoms with Crippen molar-refractivity contribution in [2.24, 2.45) is 0 Å². The zero-order valence-corrected chi connectivity index (χ0v) is 13.1. The number of amides is 1. The van der Waals surface area contributed by atoms with E-state index in [0.717, 1.165) is 31.2 Å². The van der Waals surface area contributed by atoms with Crippen LogP contribution in [0.2, 0.25) is 0 Å². The summed E-state index contributed by atoms with van der Waals surface area (Å²) >= 11 is 0. The van der Waals surface area contributed by atoms with Gasteiger partial charge in [-0.1, -0.05) is 61.5 Å². The quantitative estimate of drug-likeness (QED) is 0.891. The summed E-state index contributed by atoms with van der Waals surface area (Å²) in [6.45, 7) is 2.08. The van der Waals surface area contributed by atoms with Gasteiger partial charge in [0.2, 0.25) is 5.91 Å². The lowest BCUT2D eigenvalue weighted by atomic mass is 9.87. The fraction of sp³-hybridized carbons (Fsp3) is 0.350. The zero-order valence-electron chi connectivity index (χ0n) is 13.1. The number of nitrogens with one attached hydrogen (secondary N) is 1. The molecule has 0 saturated heterocycles. The molecule has 0 fully saturated rings. The summed E-state index contributed by atoms with van der Waals surface area (Å²) in [6.07, 6.45) is 4.13. The molecule has 0 radical (unpaired) electrons. The van der Waals surface area contributed by atoms with Crippen molar-refractivity contribution in [2.45, 2.75) is 44.6 Å². The van der Waals surface area contributed by atoms with Gasteiger partial charge in [-0.05, 0) is 42.4 Å². The fourth-order valence-corrected chi connectivity index (χ4v) is 3.43. The summed E-state index contributed by atoms with van der Waals surface area (Å²) in [5.41, 5.74) is 3.78. The number of carbonyl (C=O) groups is 1. The van der Waals surface area contributed by atoms with Gasteiger partial charge >= 0.3 is 0 Å². The van der Waals surface area contributed by atoms with Gasteiger partial charge in [-0.3, -0.25) is 4.79 Å². The Kier molecular flexibility index (Phi) is 4.57. The minimum atomic E-state index is -0.0599. The molecule has 1 aliphatic rings. The van der Waals surface area contributed by atoms with Gasteiger partial charge in [0.1, 0.15) is 0 Å². The molecular weight excluding hydrogens is 270 g/mol. The van der Waals surface area contributed by atoms with E-state index in [4.69, 9.17) is 0 Å². The zero-order chi connectivity index (χ0) is 15.4. The molecule has 1 N–H and O–H groups in total. The van der Waals surface area contributed by atoms with Crippen LogP contribution in [0.3, 0.4) is 0 Å². The standard InChI is InChI=1S/C20H23NO/c1-2-17(15-9-4-3-5-10-15)20(22)21-19-14-8-12-16-11-6-7-13-18(16)19/h3-7,9-11,13,17,19H,2,8,12,14H2,1H3,(H,21,22)/t17-,19-/m1/s1. The van der Waals surface area contributed by atoms with E-state index in [2.05, 4.69) is 36.5 Å². The maximum atomic E-state index is 12.7. The topological polar surface area (TPSA) is 29.1 Å². The summed E-state index contributed by atoms with van der Waals surface area (Å²) in [5.74, 6) is 0.0886. The van der Waals surface area contributed by atoms with Gasteiger partial charge in [0, 0.05) is 0 Å². The van der Waals surface area contributed by atoms with Crippen LogP contribution >= 0.6 is 0 Å². The third-order valence-electron chi connectivity index (χ3n) is 4.61. The second kappa shape index (κ2) is 6.78. The molecule has 1 amide bonds. The average molecular weight is 293 g/mol. The van der Waals surface area contributed by atoms with Crippen LogP contribution in [-0.2, 0) is 11.2 Å². The SMILES string of the molecule is CC[C@@H](C(=O)N[C@@H]1CCCc2ccccc21)c1ccccc1. The van der Waals surface area contributed by atoms with Crippen molar-refractivity contribution in [3.05, 3.63) is 71.3 Å². The minimum Gasteiger partial charge on any atom is -0.349 e. The third-order valence-corrected chi connectivity index (χ3v) is 4.61. The molecule has 0 heterocycles. The maximum Gasteiger partial charge on any atom is 0.228 e. The highest BCUT2D eigenvalue weighted by molar-refractivity contribution is 5.84. The minimum absolute atomic E-state index is 0.0599. The average Bonchev–Trinajstić information content (AvgIpc) is 2.57. The smallest absolute Gasteiger partial charge is 0.228 e. The summed E-state index contributed by atoms with van der Waals surface area (Å²) < 4.78 is 0. The Balaban J connectivity index is 1.77. The molecule has 0 bridgehead atoms. The number of carbonyl (C=O) groups excluding carboxylic acids is 1. The Morgan fingerprint density at radius 2 is 1.86 bits per heavy atom. The van der Waals surface area contributed by atoms with E-state index in [-0.39, 0.29) is 17.9 Å². The van der Waals surface area contributed by atoms with E-state index in [1.165, 1.54) is 11.1 Å². The lowest BCUT2D eigenvalue weighted by molar-refractivity contribution is -0.123. The molecule has 2 aromatic carbocycles. The lowest BCUT2D eigenvalue weighted by Gasteiger charge is -2.28. The Morgan fingerprint density at radius 1 is 1.14 bits per heavy atom. The van der Waals surface area contributed by atoms with Crippen LogP contribution < -0.4 is 5.32 Å². The summed E-state index contributed by atoms with van der Waals surface area (Å²) in [7, 11) is 0. The molecule has 3 rings (SSSR count). The molecule has 0 unspecified atom stereocenters. The van der Waals surface area contributed by atoms with Crippen molar-refractivity contribution in [3.63, 3.8) is 0 Å². The molecule has 2 atom stereocenters. The number of hydrogen-bond donors (Lipinski definition) is 1. The van der Waals surface area contributed by atoms with Crippen LogP contribution in [0.5, 0.6) is 0 Å². The Morgan fingerprint density at radius 3 is 2.64 bits per heavy atom. The van der Waals surface area contributed by atoms with E-state index >= 15 is 0 Å². The highest BCUT2D eigenvalue weighted by Crippen LogP contribution is 2.30. The fourth-order valence-electron chi connectivity index (χ4n) is 3.43. The van der Waals surface area contributed by atoms with Crippen molar-refractivity contribution in [1.82, 2.24) is 5.32 Å². The van der Waals surface area contributed by atoms with Crippen molar-refractivity contribution < 1.29 is 4.79 Å². The van der Waals surface area contributed by atoms with Crippen LogP contribution in [0.15, 0.2) is 54.6 Å². The Labute approximate surface area is 132 Å². The molecule has 114 valence electrons. The van der Waals surface area contributed by atoms with Gasteiger partial charge in [-0.2, -0.15) is 0 Å². The molecule has 1 aliphatic carbocycles. The molecule has 2 nitrogen and oxygen atoms in total. The van der Waals surface area contributed by atoms with Crippen LogP contribution in [0, 0.1) is 0 Å². The van der Waals surface area contributed by atoms with E-state index in [1.807, 2.05) is 30.3 Å². The van der Waals surface area contributed by atoms with Gasteiger partial charge in [0.25, 0.3) is 0 Å². The second-order valence-corrected chi connectivity index (χ2v) is 6.02. The Bertz CT molecular complexity index is 635. The monoisotopic (exact) mass is 293 g/mol. The second-order valence-electron chi connectivity index (χ2n) is 6.02.